The molecule has 1 saturated heterocycles. The van der Waals surface area contributed by atoms with Crippen molar-refractivity contribution in [2.45, 2.75) is 46.0 Å². The predicted octanol–water partition coefficient (Wildman–Crippen LogP) is 7.96. The molecule has 1 aliphatic heterocycles. The zero-order chi connectivity index (χ0) is 27.8. The average Bonchev–Trinajstić information content (AvgIpc) is 2.92. The van der Waals surface area contributed by atoms with Crippen molar-refractivity contribution in [3.05, 3.63) is 101 Å². The summed E-state index contributed by atoms with van der Waals surface area (Å²) in [7, 11) is 0. The molecule has 3 rings (SSSR count). The first-order chi connectivity index (χ1) is 18.4. The summed E-state index contributed by atoms with van der Waals surface area (Å²) in [5.74, 6) is 2.65. The molecule has 0 aliphatic carbocycles. The number of likely N-dealkylation sites (tertiary alicyclic amines) is 1. The minimum atomic E-state index is 0. The molecule has 1 radical (unpaired) electrons. The molecule has 2 aromatic rings. The first kappa shape index (κ1) is 35.2. The van der Waals surface area contributed by atoms with Crippen LogP contribution in [0, 0.1) is 18.9 Å². The minimum Gasteiger partial charge on any atom is -0.535 e. The fourth-order valence-electron chi connectivity index (χ4n) is 4.09. The van der Waals surface area contributed by atoms with Gasteiger partial charge < -0.3 is 10.2 Å². The molecule has 0 atom stereocenters. The van der Waals surface area contributed by atoms with Gasteiger partial charge in [0.1, 0.15) is 0 Å². The van der Waals surface area contributed by atoms with Gasteiger partial charge in [-0.25, -0.2) is 6.54 Å². The van der Waals surface area contributed by atoms with Crippen LogP contribution >= 0.6 is 23.2 Å². The number of hydrogen-bond donors (Lipinski definition) is 2. The third kappa shape index (κ3) is 12.5. The SMILES string of the molecule is C#CC(/C=N\NC=C)=C(/C)c1ccc(C[CH-]NC(=C)c2c(Cl)cccc2Cl)cc1.CCCN1CCCCC1.[Y]. The Labute approximate surface area is 270 Å². The summed E-state index contributed by atoms with van der Waals surface area (Å²) in [6.07, 6.45) is 15.0. The van der Waals surface area contributed by atoms with Crippen molar-refractivity contribution in [2.24, 2.45) is 5.10 Å². The van der Waals surface area contributed by atoms with Crippen molar-refractivity contribution < 1.29 is 32.7 Å². The molecule has 1 aliphatic rings. The molecule has 0 saturated carbocycles. The van der Waals surface area contributed by atoms with Gasteiger partial charge in [0, 0.05) is 55.7 Å². The van der Waals surface area contributed by atoms with Crippen LogP contribution in [0.25, 0.3) is 11.3 Å². The molecule has 1 heterocycles. The van der Waals surface area contributed by atoms with E-state index in [1.165, 1.54) is 51.5 Å². The van der Waals surface area contributed by atoms with E-state index in [0.29, 0.717) is 33.3 Å². The van der Waals surface area contributed by atoms with E-state index in [2.05, 4.69) is 58.9 Å². The largest absolute Gasteiger partial charge is 0.535 e. The number of benzene rings is 2. The number of nitrogens with zero attached hydrogens (tertiary/aromatic N) is 2. The smallest absolute Gasteiger partial charge is 0.0631 e. The Morgan fingerprint density at radius 2 is 1.77 bits per heavy atom. The molecule has 0 aromatic heterocycles. The zero-order valence-corrected chi connectivity index (χ0v) is 27.5. The maximum Gasteiger partial charge on any atom is 0.0631 e. The number of hydrogen-bond acceptors (Lipinski definition) is 4. The van der Waals surface area contributed by atoms with Gasteiger partial charge in [-0.15, -0.1) is 12.8 Å². The number of piperidine rings is 1. The van der Waals surface area contributed by atoms with Gasteiger partial charge in [0.2, 0.25) is 0 Å². The maximum atomic E-state index is 6.21. The number of halogens is 2. The first-order valence-corrected chi connectivity index (χ1v) is 13.8. The Morgan fingerprint density at radius 3 is 2.33 bits per heavy atom. The van der Waals surface area contributed by atoms with Crippen LogP contribution in [-0.2, 0) is 39.1 Å². The number of rotatable bonds is 11. The number of nitrogens with one attached hydrogen (secondary N) is 2. The summed E-state index contributed by atoms with van der Waals surface area (Å²) in [5, 5.41) is 8.27. The second-order valence-electron chi connectivity index (χ2n) is 9.00. The molecule has 39 heavy (non-hydrogen) atoms. The molecule has 1 fully saturated rings. The van der Waals surface area contributed by atoms with E-state index >= 15 is 0 Å². The van der Waals surface area contributed by atoms with Crippen LogP contribution in [0.5, 0.6) is 0 Å². The van der Waals surface area contributed by atoms with Crippen molar-refractivity contribution >= 4 is 40.7 Å². The summed E-state index contributed by atoms with van der Waals surface area (Å²) in [5.41, 5.74) is 7.85. The third-order valence-corrected chi connectivity index (χ3v) is 6.80. The topological polar surface area (TPSA) is 39.7 Å². The number of terminal acetylenes is 1. The van der Waals surface area contributed by atoms with Crippen LogP contribution < -0.4 is 10.7 Å². The van der Waals surface area contributed by atoms with E-state index in [4.69, 9.17) is 29.6 Å². The van der Waals surface area contributed by atoms with E-state index in [1.807, 2.05) is 25.6 Å². The van der Waals surface area contributed by atoms with Crippen LogP contribution in [0.3, 0.4) is 0 Å². The Balaban J connectivity index is 0.000000643. The average molecular weight is 640 g/mol. The Morgan fingerprint density at radius 1 is 1.13 bits per heavy atom. The van der Waals surface area contributed by atoms with Crippen LogP contribution in [0.4, 0.5) is 0 Å². The van der Waals surface area contributed by atoms with Gasteiger partial charge in [0.25, 0.3) is 0 Å². The maximum absolute atomic E-state index is 6.21. The van der Waals surface area contributed by atoms with Crippen molar-refractivity contribution in [2.75, 3.05) is 19.6 Å². The first-order valence-electron chi connectivity index (χ1n) is 13.0. The minimum absolute atomic E-state index is 0. The fraction of sp³-hybridized carbons (Fsp3) is 0.312. The molecule has 2 aromatic carbocycles. The second kappa shape index (κ2) is 20.1. The van der Waals surface area contributed by atoms with Crippen molar-refractivity contribution in [1.29, 1.82) is 0 Å². The summed E-state index contributed by atoms with van der Waals surface area (Å²) >= 11 is 12.4. The van der Waals surface area contributed by atoms with Gasteiger partial charge in [-0.1, -0.05) is 91.5 Å². The summed E-state index contributed by atoms with van der Waals surface area (Å²) in [4.78, 5) is 2.57. The summed E-state index contributed by atoms with van der Waals surface area (Å²) in [6.45, 7) is 17.7. The van der Waals surface area contributed by atoms with Crippen LogP contribution in [0.15, 0.2) is 72.5 Å². The molecular formula is C32H39Cl2N4Y-. The van der Waals surface area contributed by atoms with E-state index in [0.717, 1.165) is 16.7 Å². The van der Waals surface area contributed by atoms with E-state index in [-0.39, 0.29) is 32.7 Å². The Kier molecular flexibility index (Phi) is 18.1. The van der Waals surface area contributed by atoms with E-state index in [1.54, 1.807) is 24.4 Å². The quantitative estimate of drug-likeness (QED) is 0.114. The monoisotopic (exact) mass is 638 g/mol. The Hall–Kier alpha value is -1.87. The fourth-order valence-corrected chi connectivity index (χ4v) is 4.72. The van der Waals surface area contributed by atoms with Gasteiger partial charge in [-0.3, -0.25) is 5.43 Å². The predicted molar refractivity (Wildman–Crippen MR) is 167 cm³/mol. The van der Waals surface area contributed by atoms with Gasteiger partial charge >= 0.3 is 0 Å². The number of hydrazone groups is 1. The van der Waals surface area contributed by atoms with Crippen LogP contribution in [0.2, 0.25) is 10.0 Å². The standard InChI is InChI=1S/C24H22Cl2N3.C8H17N.Y/c1-5-20(16-29-28-6-2)17(3)21-12-10-19(11-13-21)14-15-27-18(4)24-22(25)8-7-9-23(24)26;1-2-6-9-7-4-3-5-8-9;/h1,6-13,15-16,27-28H,2,4,14H2,3H3;2-8H2,1H3;/q-1;;/b20-17+,29-16-;;. The van der Waals surface area contributed by atoms with Gasteiger partial charge in [-0.2, -0.15) is 5.10 Å². The number of allylic oxidation sites excluding steroid dienone is 2. The summed E-state index contributed by atoms with van der Waals surface area (Å²) in [6, 6.07) is 13.5. The molecule has 2 N–H and O–H groups in total. The van der Waals surface area contributed by atoms with E-state index in [9.17, 15) is 0 Å². The molecular weight excluding hydrogens is 600 g/mol. The molecule has 0 unspecified atom stereocenters. The van der Waals surface area contributed by atoms with Gasteiger partial charge in [-0.05, 0) is 69.1 Å². The van der Waals surface area contributed by atoms with Crippen molar-refractivity contribution in [3.63, 3.8) is 0 Å². The molecule has 0 bridgehead atoms. The normalized spacial score (nSPS) is 13.7. The molecule has 205 valence electrons. The molecule has 4 nitrogen and oxygen atoms in total. The van der Waals surface area contributed by atoms with E-state index < -0.39 is 0 Å². The van der Waals surface area contributed by atoms with Crippen LogP contribution in [-0.4, -0.2) is 30.7 Å². The van der Waals surface area contributed by atoms with Gasteiger partial charge in [0.15, 0.2) is 0 Å². The Bertz CT molecular complexity index is 1120. The van der Waals surface area contributed by atoms with Gasteiger partial charge in [0.05, 0.1) is 16.3 Å². The molecule has 0 amide bonds. The van der Waals surface area contributed by atoms with Crippen molar-refractivity contribution in [1.82, 2.24) is 15.6 Å². The third-order valence-electron chi connectivity index (χ3n) is 6.17. The zero-order valence-electron chi connectivity index (χ0n) is 23.1. The van der Waals surface area contributed by atoms with Crippen LogP contribution in [0.1, 0.15) is 56.2 Å². The molecule has 0 spiro atoms. The second-order valence-corrected chi connectivity index (χ2v) is 9.82. The molecule has 7 heteroatoms. The van der Waals surface area contributed by atoms with Crippen molar-refractivity contribution in [3.8, 4) is 12.3 Å². The summed E-state index contributed by atoms with van der Waals surface area (Å²) < 4.78 is 0.